The Balaban J connectivity index is 0.000000148. The van der Waals surface area contributed by atoms with Gasteiger partial charge in [-0.3, -0.25) is 29.9 Å². The molecule has 274 valence electrons. The molecule has 0 fully saturated rings. The summed E-state index contributed by atoms with van der Waals surface area (Å²) in [7, 11) is 0. The van der Waals surface area contributed by atoms with E-state index >= 15 is 0 Å². The number of H-pyrrole nitrogens is 2. The topological polar surface area (TPSA) is 160 Å². The van der Waals surface area contributed by atoms with Crippen LogP contribution in [0.15, 0.2) is 141 Å². The number of aromatic amines is 2. The molecule has 0 saturated heterocycles. The second-order valence-electron chi connectivity index (χ2n) is 12.4. The van der Waals surface area contributed by atoms with Crippen molar-refractivity contribution in [1.82, 2.24) is 59.8 Å². The fourth-order valence-corrected chi connectivity index (χ4v) is 6.46. The molecule has 0 aliphatic heterocycles. The van der Waals surface area contributed by atoms with E-state index in [9.17, 15) is 8.78 Å². The van der Waals surface area contributed by atoms with Gasteiger partial charge in [-0.2, -0.15) is 0 Å². The first-order chi connectivity index (χ1) is 28.0. The van der Waals surface area contributed by atoms with E-state index in [1.54, 1.807) is 80.0 Å². The molecule has 0 saturated carbocycles. The molecule has 10 aromatic heterocycles. The van der Waals surface area contributed by atoms with Crippen molar-refractivity contribution in [1.29, 1.82) is 0 Å². The van der Waals surface area contributed by atoms with E-state index in [1.165, 1.54) is 12.4 Å². The first-order valence-electron chi connectivity index (χ1n) is 17.3. The summed E-state index contributed by atoms with van der Waals surface area (Å²) in [5.74, 6) is 0.311. The van der Waals surface area contributed by atoms with Crippen LogP contribution >= 0.6 is 11.6 Å². The fraction of sp³-hybridized carbons (Fsp3) is 0. The zero-order valence-electron chi connectivity index (χ0n) is 29.4. The highest BCUT2D eigenvalue weighted by Gasteiger charge is 2.19. The third kappa shape index (κ3) is 7.03. The Morgan fingerprint density at radius 2 is 0.982 bits per heavy atom. The van der Waals surface area contributed by atoms with Crippen LogP contribution in [0, 0.1) is 11.6 Å². The zero-order chi connectivity index (χ0) is 38.7. The second kappa shape index (κ2) is 15.2. The van der Waals surface area contributed by atoms with Crippen LogP contribution in [-0.2, 0) is 0 Å². The number of rotatable bonds is 6. The van der Waals surface area contributed by atoms with Gasteiger partial charge in [0.15, 0.2) is 17.1 Å². The molecular formula is C42H25ClF2N12. The molecule has 0 aromatic carbocycles. The van der Waals surface area contributed by atoms with Gasteiger partial charge in [0, 0.05) is 94.7 Å². The molecule has 10 rings (SSSR count). The Labute approximate surface area is 326 Å². The van der Waals surface area contributed by atoms with E-state index in [0.717, 1.165) is 11.1 Å². The van der Waals surface area contributed by atoms with Gasteiger partial charge in [0.05, 0.1) is 39.8 Å². The summed E-state index contributed by atoms with van der Waals surface area (Å²) in [5, 5.41) is 0.472. The number of nitrogens with zero attached hydrogens (tertiary/aromatic N) is 10. The maximum absolute atomic E-state index is 14.5. The van der Waals surface area contributed by atoms with Crippen LogP contribution in [0.3, 0.4) is 0 Å². The van der Waals surface area contributed by atoms with Gasteiger partial charge >= 0.3 is 0 Å². The van der Waals surface area contributed by atoms with Gasteiger partial charge in [-0.1, -0.05) is 17.7 Å². The van der Waals surface area contributed by atoms with Crippen molar-refractivity contribution in [2.45, 2.75) is 0 Å². The summed E-state index contributed by atoms with van der Waals surface area (Å²) in [4.78, 5) is 49.4. The average molecular weight is 771 g/mol. The molecule has 57 heavy (non-hydrogen) atoms. The number of aromatic nitrogens is 12. The molecule has 0 spiro atoms. The van der Waals surface area contributed by atoms with Crippen LogP contribution in [0.5, 0.6) is 0 Å². The highest BCUT2D eigenvalue weighted by molar-refractivity contribution is 6.33. The van der Waals surface area contributed by atoms with Gasteiger partial charge in [0.25, 0.3) is 0 Å². The van der Waals surface area contributed by atoms with Gasteiger partial charge in [-0.25, -0.2) is 28.7 Å². The quantitative estimate of drug-likeness (QED) is 0.167. The Kier molecular flexibility index (Phi) is 9.34. The summed E-state index contributed by atoms with van der Waals surface area (Å²) in [6.45, 7) is 0. The molecule has 0 aliphatic carbocycles. The van der Waals surface area contributed by atoms with Crippen molar-refractivity contribution in [3.8, 4) is 67.7 Å². The Morgan fingerprint density at radius 1 is 0.456 bits per heavy atom. The lowest BCUT2D eigenvalue weighted by atomic mass is 10.0. The number of pyridine rings is 8. The van der Waals surface area contributed by atoms with Crippen LogP contribution < -0.4 is 0 Å². The van der Waals surface area contributed by atoms with Crippen molar-refractivity contribution in [3.05, 3.63) is 158 Å². The van der Waals surface area contributed by atoms with Crippen LogP contribution in [0.1, 0.15) is 0 Å². The smallest absolute Gasteiger partial charge is 0.178 e. The number of halogens is 3. The maximum Gasteiger partial charge on any atom is 0.178 e. The lowest BCUT2D eigenvalue weighted by Crippen LogP contribution is -1.94. The van der Waals surface area contributed by atoms with Crippen LogP contribution in [0.25, 0.3) is 90.0 Å². The average Bonchev–Trinajstić information content (AvgIpc) is 3.88. The lowest BCUT2D eigenvalue weighted by Gasteiger charge is -2.09. The van der Waals surface area contributed by atoms with Crippen molar-refractivity contribution < 1.29 is 8.78 Å². The third-order valence-electron chi connectivity index (χ3n) is 8.88. The summed E-state index contributed by atoms with van der Waals surface area (Å²) in [6, 6.07) is 21.7. The van der Waals surface area contributed by atoms with Crippen molar-refractivity contribution in [2.24, 2.45) is 0 Å². The first kappa shape index (κ1) is 35.0. The van der Waals surface area contributed by atoms with Gasteiger partial charge in [0.1, 0.15) is 23.2 Å². The molecule has 12 nitrogen and oxygen atoms in total. The summed E-state index contributed by atoms with van der Waals surface area (Å²) in [6.07, 6.45) is 17.1. The molecule has 2 N–H and O–H groups in total. The van der Waals surface area contributed by atoms with Gasteiger partial charge < -0.3 is 9.97 Å². The number of fused-ring (bicyclic) bond motifs is 2. The summed E-state index contributed by atoms with van der Waals surface area (Å²) >= 11 is 6.25. The molecule has 15 heteroatoms. The second-order valence-corrected chi connectivity index (χ2v) is 12.9. The minimum Gasteiger partial charge on any atom is -0.337 e. The SMILES string of the molecule is Fc1cnccc1-c1cc2[nH]c(-c3ccccn3)nc2nc1-c1cccnc1.Fc1cnccc1-c1cc2[nH]c(-c3ccncc3Cl)nc2nc1-c1cccnc1. The summed E-state index contributed by atoms with van der Waals surface area (Å²) in [5.41, 5.74) is 8.55. The number of nitrogens with one attached hydrogen (secondary N) is 2. The molecule has 0 unspecified atom stereocenters. The molecule has 0 aliphatic rings. The van der Waals surface area contributed by atoms with E-state index in [-0.39, 0.29) is 0 Å². The van der Waals surface area contributed by atoms with E-state index < -0.39 is 11.6 Å². The minimum absolute atomic E-state index is 0.395. The molecule has 0 bridgehead atoms. The number of imidazole rings is 2. The standard InChI is InChI=1S/C21H12ClFN6.C21H13FN6/c22-16-10-25-7-4-14(16)20-27-18-8-15(13-3-6-26-11-17(13)23)19(28-21(18)29-20)12-2-1-5-24-9-12;22-16-12-24-9-6-14(16)15-10-18-21(27-19(15)13-4-3-7-23-11-13)28-20(26-18)17-5-1-2-8-25-17/h1-11H,(H,27,28,29);1-12H,(H,26,27,28). The Bertz CT molecular complexity index is 3020. The monoisotopic (exact) mass is 770 g/mol. The molecule has 10 heterocycles. The number of hydrogen-bond donors (Lipinski definition) is 2. The minimum atomic E-state index is -0.435. The summed E-state index contributed by atoms with van der Waals surface area (Å²) < 4.78 is 29.0. The molecule has 0 radical (unpaired) electrons. The Morgan fingerprint density at radius 3 is 1.49 bits per heavy atom. The molecule has 0 amide bonds. The zero-order valence-corrected chi connectivity index (χ0v) is 30.1. The van der Waals surface area contributed by atoms with Crippen molar-refractivity contribution >= 4 is 33.9 Å². The van der Waals surface area contributed by atoms with E-state index in [2.05, 4.69) is 49.8 Å². The predicted molar refractivity (Wildman–Crippen MR) is 212 cm³/mol. The highest BCUT2D eigenvalue weighted by atomic mass is 35.5. The van der Waals surface area contributed by atoms with E-state index in [0.29, 0.717) is 83.9 Å². The normalized spacial score (nSPS) is 11.1. The lowest BCUT2D eigenvalue weighted by molar-refractivity contribution is 0.624. The molecule has 0 atom stereocenters. The fourth-order valence-electron chi connectivity index (χ4n) is 6.25. The number of hydrogen-bond acceptors (Lipinski definition) is 10. The molecule has 10 aromatic rings. The van der Waals surface area contributed by atoms with Crippen molar-refractivity contribution in [3.63, 3.8) is 0 Å². The predicted octanol–water partition coefficient (Wildman–Crippen LogP) is 9.22. The first-order valence-corrected chi connectivity index (χ1v) is 17.7. The maximum atomic E-state index is 14.5. The Hall–Kier alpha value is -7.71. The third-order valence-corrected chi connectivity index (χ3v) is 9.18. The van der Waals surface area contributed by atoms with Gasteiger partial charge in [0.2, 0.25) is 0 Å². The van der Waals surface area contributed by atoms with Gasteiger partial charge in [-0.15, -0.1) is 0 Å². The van der Waals surface area contributed by atoms with Crippen LogP contribution in [0.2, 0.25) is 5.02 Å². The van der Waals surface area contributed by atoms with Crippen molar-refractivity contribution in [2.75, 3.05) is 0 Å². The molecular weight excluding hydrogens is 746 g/mol. The van der Waals surface area contributed by atoms with Crippen LogP contribution in [0.4, 0.5) is 8.78 Å². The largest absolute Gasteiger partial charge is 0.337 e. The van der Waals surface area contributed by atoms with Crippen LogP contribution in [-0.4, -0.2) is 59.8 Å². The van der Waals surface area contributed by atoms with E-state index in [4.69, 9.17) is 21.6 Å². The van der Waals surface area contributed by atoms with E-state index in [1.807, 2.05) is 48.5 Å². The highest BCUT2D eigenvalue weighted by Crippen LogP contribution is 2.36. The van der Waals surface area contributed by atoms with Gasteiger partial charge in [-0.05, 0) is 66.7 Å².